The fourth-order valence-corrected chi connectivity index (χ4v) is 1.88. The number of aromatic nitrogens is 7. The summed E-state index contributed by atoms with van der Waals surface area (Å²) >= 11 is 0. The highest BCUT2D eigenvalue weighted by atomic mass is 16.1. The third kappa shape index (κ3) is 2.48. The zero-order valence-electron chi connectivity index (χ0n) is 11.2. The van der Waals surface area contributed by atoms with Gasteiger partial charge in [0.2, 0.25) is 6.41 Å². The number of hydrogen-bond acceptors (Lipinski definition) is 6. The summed E-state index contributed by atoms with van der Waals surface area (Å²) in [5, 5.41) is 10.8. The van der Waals surface area contributed by atoms with Gasteiger partial charge in [0, 0.05) is 0 Å². The lowest BCUT2D eigenvalue weighted by Gasteiger charge is -2.11. The Morgan fingerprint density at radius 3 is 2.81 bits per heavy atom. The third-order valence-corrected chi connectivity index (χ3v) is 2.91. The number of carbonyl (C=O) groups is 1. The molecular weight excluding hydrogens is 272 g/mol. The molecule has 1 unspecified atom stereocenters. The minimum atomic E-state index is -0.262. The number of pyridine rings is 1. The van der Waals surface area contributed by atoms with Gasteiger partial charge in [-0.2, -0.15) is 14.9 Å². The zero-order chi connectivity index (χ0) is 14.7. The maximum atomic E-state index is 10.5. The largest absolute Gasteiger partial charge is 0.349 e. The quantitative estimate of drug-likeness (QED) is 0.664. The van der Waals surface area contributed by atoms with Crippen LogP contribution in [-0.4, -0.2) is 40.9 Å². The van der Waals surface area contributed by atoms with Crippen LogP contribution in [0.15, 0.2) is 37.3 Å². The predicted octanol–water partition coefficient (Wildman–Crippen LogP) is 0.0500. The average Bonchev–Trinajstić information content (AvgIpc) is 3.19. The van der Waals surface area contributed by atoms with Gasteiger partial charge in [-0.05, 0) is 19.1 Å². The van der Waals surface area contributed by atoms with Gasteiger partial charge in [0.15, 0.2) is 11.6 Å². The molecule has 106 valence electrons. The summed E-state index contributed by atoms with van der Waals surface area (Å²) in [6.45, 7) is 1.82. The Hall–Kier alpha value is -3.10. The summed E-state index contributed by atoms with van der Waals surface area (Å²) < 4.78 is 3.18. The Morgan fingerprint density at radius 1 is 1.24 bits per heavy atom. The van der Waals surface area contributed by atoms with E-state index in [1.54, 1.807) is 28.0 Å². The minimum absolute atomic E-state index is 0.262. The summed E-state index contributed by atoms with van der Waals surface area (Å²) in [6.07, 6.45) is 6.76. The molecule has 0 aliphatic rings. The summed E-state index contributed by atoms with van der Waals surface area (Å²) in [4.78, 5) is 22.9. The molecular formula is C12H12N8O. The van der Waals surface area contributed by atoms with Gasteiger partial charge in [0.1, 0.15) is 19.0 Å². The van der Waals surface area contributed by atoms with E-state index in [0.717, 1.165) is 5.69 Å². The first-order valence-electron chi connectivity index (χ1n) is 6.20. The topological polar surface area (TPSA) is 103 Å². The van der Waals surface area contributed by atoms with Crippen molar-refractivity contribution in [3.8, 4) is 11.5 Å². The Kier molecular flexibility index (Phi) is 3.37. The van der Waals surface area contributed by atoms with Crippen molar-refractivity contribution in [2.75, 3.05) is 0 Å². The predicted molar refractivity (Wildman–Crippen MR) is 71.7 cm³/mol. The molecule has 0 spiro atoms. The lowest BCUT2D eigenvalue weighted by atomic mass is 10.3. The van der Waals surface area contributed by atoms with Crippen molar-refractivity contribution in [1.29, 1.82) is 0 Å². The molecule has 3 rings (SSSR count). The Labute approximate surface area is 119 Å². The maximum Gasteiger partial charge on any atom is 0.207 e. The average molecular weight is 284 g/mol. The van der Waals surface area contributed by atoms with Crippen molar-refractivity contribution in [2.45, 2.75) is 13.0 Å². The molecule has 21 heavy (non-hydrogen) atoms. The van der Waals surface area contributed by atoms with E-state index in [1.165, 1.54) is 12.7 Å². The maximum absolute atomic E-state index is 10.5. The number of amides is 1. The molecule has 3 heterocycles. The smallest absolute Gasteiger partial charge is 0.207 e. The van der Waals surface area contributed by atoms with Crippen LogP contribution in [0.2, 0.25) is 0 Å². The van der Waals surface area contributed by atoms with Crippen molar-refractivity contribution in [3.05, 3.63) is 43.1 Å². The molecule has 0 bridgehead atoms. The minimum Gasteiger partial charge on any atom is -0.349 e. The molecule has 0 fully saturated rings. The number of rotatable bonds is 5. The van der Waals surface area contributed by atoms with Crippen molar-refractivity contribution in [3.63, 3.8) is 0 Å². The molecule has 3 aromatic rings. The highest BCUT2D eigenvalue weighted by Crippen LogP contribution is 2.13. The summed E-state index contributed by atoms with van der Waals surface area (Å²) in [5.41, 5.74) is 0.789. The molecule has 0 saturated carbocycles. The second kappa shape index (κ2) is 5.49. The fraction of sp³-hybridized carbons (Fsp3) is 0.167. The normalized spacial score (nSPS) is 12.0. The van der Waals surface area contributed by atoms with Crippen molar-refractivity contribution in [1.82, 2.24) is 39.8 Å². The number of nitrogens with one attached hydrogen (secondary N) is 1. The monoisotopic (exact) mass is 284 g/mol. The van der Waals surface area contributed by atoms with Crippen LogP contribution in [0.4, 0.5) is 0 Å². The van der Waals surface area contributed by atoms with E-state index in [4.69, 9.17) is 0 Å². The molecule has 0 aliphatic carbocycles. The highest BCUT2D eigenvalue weighted by Gasteiger charge is 2.14. The number of hydrogen-bond donors (Lipinski definition) is 1. The molecule has 1 amide bonds. The Morgan fingerprint density at radius 2 is 2.14 bits per heavy atom. The van der Waals surface area contributed by atoms with Gasteiger partial charge in [-0.3, -0.25) is 4.79 Å². The first kappa shape index (κ1) is 12.9. The van der Waals surface area contributed by atoms with Gasteiger partial charge in [0.05, 0.1) is 17.9 Å². The van der Waals surface area contributed by atoms with E-state index < -0.39 is 0 Å². The SMILES string of the molecule is CC(NC=O)c1ncnn1-c1ccc(-n2cncn2)cn1. The fourth-order valence-electron chi connectivity index (χ4n) is 1.88. The van der Waals surface area contributed by atoms with E-state index >= 15 is 0 Å². The summed E-state index contributed by atoms with van der Waals surface area (Å²) in [7, 11) is 0. The van der Waals surface area contributed by atoms with Crippen LogP contribution in [0.3, 0.4) is 0 Å². The summed E-state index contributed by atoms with van der Waals surface area (Å²) in [6, 6.07) is 3.38. The van der Waals surface area contributed by atoms with Gasteiger partial charge in [0.25, 0.3) is 0 Å². The van der Waals surface area contributed by atoms with Crippen molar-refractivity contribution < 1.29 is 4.79 Å². The van der Waals surface area contributed by atoms with Gasteiger partial charge < -0.3 is 5.32 Å². The molecule has 3 aromatic heterocycles. The Balaban J connectivity index is 1.91. The molecule has 9 heteroatoms. The number of carbonyl (C=O) groups excluding carboxylic acids is 1. The van der Waals surface area contributed by atoms with Crippen LogP contribution in [0, 0.1) is 0 Å². The van der Waals surface area contributed by atoms with E-state index in [-0.39, 0.29) is 6.04 Å². The Bertz CT molecular complexity index is 718. The molecule has 1 N–H and O–H groups in total. The van der Waals surface area contributed by atoms with Crippen LogP contribution in [0.1, 0.15) is 18.8 Å². The molecule has 1 atom stereocenters. The molecule has 0 radical (unpaired) electrons. The van der Waals surface area contributed by atoms with Crippen LogP contribution >= 0.6 is 0 Å². The van der Waals surface area contributed by atoms with Crippen molar-refractivity contribution >= 4 is 6.41 Å². The van der Waals surface area contributed by atoms with Crippen LogP contribution in [0.25, 0.3) is 11.5 Å². The lowest BCUT2D eigenvalue weighted by Crippen LogP contribution is -2.20. The van der Waals surface area contributed by atoms with Gasteiger partial charge in [-0.1, -0.05) is 0 Å². The molecule has 9 nitrogen and oxygen atoms in total. The standard InChI is InChI=1S/C12H12N8O/c1-9(16-8-21)12-15-6-18-20(12)11-3-2-10(4-14-11)19-7-13-5-17-19/h2-9H,1H3,(H,16,21). The first-order valence-corrected chi connectivity index (χ1v) is 6.20. The van der Waals surface area contributed by atoms with E-state index in [2.05, 4.69) is 30.5 Å². The van der Waals surface area contributed by atoms with E-state index in [1.807, 2.05) is 13.0 Å². The molecule has 0 aliphatic heterocycles. The summed E-state index contributed by atoms with van der Waals surface area (Å²) in [5.74, 6) is 1.20. The molecule has 0 aromatic carbocycles. The second-order valence-electron chi connectivity index (χ2n) is 4.25. The number of nitrogens with zero attached hydrogens (tertiary/aromatic N) is 7. The zero-order valence-corrected chi connectivity index (χ0v) is 11.2. The van der Waals surface area contributed by atoms with Crippen LogP contribution in [0.5, 0.6) is 0 Å². The molecule has 0 saturated heterocycles. The second-order valence-corrected chi connectivity index (χ2v) is 4.25. The van der Waals surface area contributed by atoms with Crippen LogP contribution in [-0.2, 0) is 4.79 Å². The van der Waals surface area contributed by atoms with E-state index in [0.29, 0.717) is 18.1 Å². The van der Waals surface area contributed by atoms with Gasteiger partial charge in [-0.25, -0.2) is 19.6 Å². The van der Waals surface area contributed by atoms with Gasteiger partial charge >= 0.3 is 0 Å². The van der Waals surface area contributed by atoms with Crippen molar-refractivity contribution in [2.24, 2.45) is 0 Å². The first-order chi connectivity index (χ1) is 10.3. The third-order valence-electron chi connectivity index (χ3n) is 2.91. The van der Waals surface area contributed by atoms with Gasteiger partial charge in [-0.15, -0.1) is 0 Å². The lowest BCUT2D eigenvalue weighted by molar-refractivity contribution is -0.110. The van der Waals surface area contributed by atoms with E-state index in [9.17, 15) is 4.79 Å². The highest BCUT2D eigenvalue weighted by molar-refractivity contribution is 5.47. The van der Waals surface area contributed by atoms with Crippen LogP contribution < -0.4 is 5.32 Å².